The third kappa shape index (κ3) is 3.51. The van der Waals surface area contributed by atoms with Crippen LogP contribution < -0.4 is 0 Å². The minimum atomic E-state index is -3.83. The van der Waals surface area contributed by atoms with E-state index in [9.17, 15) is 12.8 Å². The van der Waals surface area contributed by atoms with Gasteiger partial charge in [-0.25, -0.2) is 17.1 Å². The molecule has 0 aromatic heterocycles. The fourth-order valence-electron chi connectivity index (χ4n) is 1.47. The van der Waals surface area contributed by atoms with Gasteiger partial charge in [0.05, 0.1) is 6.10 Å². The van der Waals surface area contributed by atoms with Gasteiger partial charge in [-0.2, -0.15) is 0 Å². The number of hydrogen-bond donors (Lipinski definition) is 1. The van der Waals surface area contributed by atoms with Gasteiger partial charge in [-0.1, -0.05) is 6.07 Å². The summed E-state index contributed by atoms with van der Waals surface area (Å²) in [7, 11) is -2.46. The second-order valence-corrected chi connectivity index (χ2v) is 6.41. The summed E-state index contributed by atoms with van der Waals surface area (Å²) in [6.45, 7) is 3.41. The molecule has 102 valence electrons. The smallest absolute Gasteiger partial charge is 0.245 e. The fraction of sp³-hybridized carbons (Fsp3) is 0.500. The molecule has 1 aromatic rings. The lowest BCUT2D eigenvalue weighted by molar-refractivity contribution is 0.177. The van der Waals surface area contributed by atoms with Crippen LogP contribution in [0.5, 0.6) is 0 Å². The molecule has 6 heteroatoms. The Morgan fingerprint density at radius 2 is 2.06 bits per heavy atom. The molecule has 0 fully saturated rings. The minimum absolute atomic E-state index is 0.146. The highest BCUT2D eigenvalue weighted by molar-refractivity contribution is 7.89. The molecule has 0 heterocycles. The number of aliphatic hydroxyl groups excluding tert-OH is 1. The van der Waals surface area contributed by atoms with Crippen molar-refractivity contribution in [3.8, 4) is 0 Å². The first-order valence-electron chi connectivity index (χ1n) is 5.65. The van der Waals surface area contributed by atoms with Crippen molar-refractivity contribution in [3.63, 3.8) is 0 Å². The van der Waals surface area contributed by atoms with Crippen LogP contribution in [0.3, 0.4) is 0 Å². The maximum Gasteiger partial charge on any atom is 0.245 e. The van der Waals surface area contributed by atoms with E-state index in [-0.39, 0.29) is 11.4 Å². The molecular weight excluding hydrogens is 257 g/mol. The molecule has 1 rings (SSSR count). The number of hydrogen-bond acceptors (Lipinski definition) is 3. The summed E-state index contributed by atoms with van der Waals surface area (Å²) in [5.41, 5.74) is 0.665. The van der Waals surface area contributed by atoms with Crippen LogP contribution in [-0.4, -0.2) is 37.5 Å². The SMILES string of the molecule is Cc1ccc(S(=O)(=O)N(C)CCC(C)O)c(F)c1. The number of benzene rings is 1. The molecule has 1 unspecified atom stereocenters. The van der Waals surface area contributed by atoms with Crippen LogP contribution >= 0.6 is 0 Å². The lowest BCUT2D eigenvalue weighted by Gasteiger charge is -2.18. The van der Waals surface area contributed by atoms with E-state index in [0.717, 1.165) is 4.31 Å². The van der Waals surface area contributed by atoms with E-state index in [0.29, 0.717) is 12.0 Å². The number of aliphatic hydroxyl groups is 1. The van der Waals surface area contributed by atoms with Gasteiger partial charge in [-0.15, -0.1) is 0 Å². The van der Waals surface area contributed by atoms with E-state index in [2.05, 4.69) is 0 Å². The molecule has 1 N–H and O–H groups in total. The van der Waals surface area contributed by atoms with E-state index < -0.39 is 21.9 Å². The van der Waals surface area contributed by atoms with Crippen molar-refractivity contribution < 1.29 is 17.9 Å². The molecule has 18 heavy (non-hydrogen) atoms. The molecule has 0 amide bonds. The van der Waals surface area contributed by atoms with Gasteiger partial charge in [0, 0.05) is 13.6 Å². The molecule has 0 saturated heterocycles. The van der Waals surface area contributed by atoms with Gasteiger partial charge in [-0.3, -0.25) is 0 Å². The predicted octanol–water partition coefficient (Wildman–Crippen LogP) is 1.53. The number of aryl methyl sites for hydroxylation is 1. The van der Waals surface area contributed by atoms with Gasteiger partial charge in [0.15, 0.2) is 0 Å². The van der Waals surface area contributed by atoms with Crippen LogP contribution in [0.2, 0.25) is 0 Å². The summed E-state index contributed by atoms with van der Waals surface area (Å²) in [5, 5.41) is 9.13. The van der Waals surface area contributed by atoms with Gasteiger partial charge in [0.1, 0.15) is 10.7 Å². The first kappa shape index (κ1) is 15.1. The highest BCUT2D eigenvalue weighted by atomic mass is 32.2. The van der Waals surface area contributed by atoms with Crippen LogP contribution in [-0.2, 0) is 10.0 Å². The summed E-state index contributed by atoms with van der Waals surface area (Å²) in [6.07, 6.45) is -0.283. The Morgan fingerprint density at radius 1 is 1.44 bits per heavy atom. The Kier molecular flexibility index (Phi) is 4.84. The second-order valence-electron chi connectivity index (χ2n) is 4.40. The summed E-state index contributed by atoms with van der Waals surface area (Å²) < 4.78 is 38.9. The Labute approximate surface area is 107 Å². The maximum atomic E-state index is 13.7. The molecule has 0 spiro atoms. The van der Waals surface area contributed by atoms with Crippen LogP contribution in [0.4, 0.5) is 4.39 Å². The summed E-state index contributed by atoms with van der Waals surface area (Å²) in [4.78, 5) is -0.332. The Morgan fingerprint density at radius 3 is 2.56 bits per heavy atom. The molecule has 1 atom stereocenters. The van der Waals surface area contributed by atoms with Gasteiger partial charge < -0.3 is 5.11 Å². The fourth-order valence-corrected chi connectivity index (χ4v) is 2.70. The second kappa shape index (κ2) is 5.77. The lowest BCUT2D eigenvalue weighted by Crippen LogP contribution is -2.30. The van der Waals surface area contributed by atoms with Crippen molar-refractivity contribution in [1.29, 1.82) is 0 Å². The van der Waals surface area contributed by atoms with Crippen molar-refractivity contribution in [2.45, 2.75) is 31.3 Å². The van der Waals surface area contributed by atoms with Crippen molar-refractivity contribution in [2.24, 2.45) is 0 Å². The molecule has 0 aliphatic carbocycles. The van der Waals surface area contributed by atoms with Crippen LogP contribution in [0.25, 0.3) is 0 Å². The summed E-state index contributed by atoms with van der Waals surface area (Å²) in [6, 6.07) is 4.01. The topological polar surface area (TPSA) is 57.6 Å². The molecule has 0 aliphatic heterocycles. The Hall–Kier alpha value is -0.980. The van der Waals surface area contributed by atoms with E-state index >= 15 is 0 Å². The first-order chi connectivity index (χ1) is 8.25. The zero-order chi connectivity index (χ0) is 13.9. The minimum Gasteiger partial charge on any atom is -0.393 e. The highest BCUT2D eigenvalue weighted by Crippen LogP contribution is 2.19. The Bertz CT molecular complexity index is 514. The van der Waals surface area contributed by atoms with Crippen molar-refractivity contribution in [2.75, 3.05) is 13.6 Å². The van der Waals surface area contributed by atoms with E-state index in [1.54, 1.807) is 19.9 Å². The van der Waals surface area contributed by atoms with E-state index in [4.69, 9.17) is 5.11 Å². The molecule has 0 bridgehead atoms. The molecule has 1 aromatic carbocycles. The number of halogens is 1. The molecule has 0 saturated carbocycles. The van der Waals surface area contributed by atoms with Crippen LogP contribution in [0.15, 0.2) is 23.1 Å². The van der Waals surface area contributed by atoms with E-state index in [1.165, 1.54) is 19.2 Å². The zero-order valence-electron chi connectivity index (χ0n) is 10.7. The summed E-state index contributed by atoms with van der Waals surface area (Å²) >= 11 is 0. The molecule has 4 nitrogen and oxygen atoms in total. The van der Waals surface area contributed by atoms with Crippen molar-refractivity contribution in [3.05, 3.63) is 29.6 Å². The lowest BCUT2D eigenvalue weighted by atomic mass is 10.2. The predicted molar refractivity (Wildman–Crippen MR) is 67.3 cm³/mol. The van der Waals surface area contributed by atoms with E-state index in [1.807, 2.05) is 0 Å². The normalized spacial score (nSPS) is 13.9. The first-order valence-corrected chi connectivity index (χ1v) is 7.09. The molecule has 0 radical (unpaired) electrons. The standard InChI is InChI=1S/C12H18FNO3S/c1-9-4-5-12(11(13)8-9)18(16,17)14(3)7-6-10(2)15/h4-5,8,10,15H,6-7H2,1-3H3. The quantitative estimate of drug-likeness (QED) is 0.886. The van der Waals surface area contributed by atoms with Crippen molar-refractivity contribution >= 4 is 10.0 Å². The van der Waals surface area contributed by atoms with Gasteiger partial charge >= 0.3 is 0 Å². The van der Waals surface area contributed by atoms with Crippen molar-refractivity contribution in [1.82, 2.24) is 4.31 Å². The summed E-state index contributed by atoms with van der Waals surface area (Å²) in [5.74, 6) is -0.751. The van der Waals surface area contributed by atoms with Gasteiger partial charge in [0.25, 0.3) is 0 Å². The largest absolute Gasteiger partial charge is 0.393 e. The molecular formula is C12H18FNO3S. The zero-order valence-corrected chi connectivity index (χ0v) is 11.5. The van der Waals surface area contributed by atoms with Gasteiger partial charge in [0.2, 0.25) is 10.0 Å². The number of rotatable bonds is 5. The van der Waals surface area contributed by atoms with Crippen LogP contribution in [0.1, 0.15) is 18.9 Å². The number of sulfonamides is 1. The van der Waals surface area contributed by atoms with Crippen LogP contribution in [0, 0.1) is 12.7 Å². The third-order valence-electron chi connectivity index (χ3n) is 2.64. The monoisotopic (exact) mass is 275 g/mol. The maximum absolute atomic E-state index is 13.7. The number of nitrogens with zero attached hydrogens (tertiary/aromatic N) is 1. The average molecular weight is 275 g/mol. The average Bonchev–Trinajstić information content (AvgIpc) is 2.24. The molecule has 0 aliphatic rings. The Balaban J connectivity index is 2.98. The third-order valence-corrected chi connectivity index (χ3v) is 4.53. The van der Waals surface area contributed by atoms with Gasteiger partial charge in [-0.05, 0) is 38.0 Å². The highest BCUT2D eigenvalue weighted by Gasteiger charge is 2.24.